The summed E-state index contributed by atoms with van der Waals surface area (Å²) in [4.78, 5) is 39.7. The molecule has 140 valence electrons. The van der Waals surface area contributed by atoms with Crippen LogP contribution in [0.25, 0.3) is 0 Å². The Labute approximate surface area is 170 Å². The minimum absolute atomic E-state index is 0.348. The maximum Gasteiger partial charge on any atom is 0.262 e. The lowest BCUT2D eigenvalue weighted by atomic mass is 10.1. The molecule has 0 radical (unpaired) electrons. The van der Waals surface area contributed by atoms with E-state index < -0.39 is 17.9 Å². The third-order valence-electron chi connectivity index (χ3n) is 4.42. The molecule has 3 amide bonds. The van der Waals surface area contributed by atoms with Crippen molar-refractivity contribution < 1.29 is 14.4 Å². The summed E-state index contributed by atoms with van der Waals surface area (Å²) in [6.45, 7) is 1.95. The standard InChI is InChI=1S/C20H19BrN2O3S/c1-12-7-8-16(15(21)11-12)22-18(24)17(9-10-27-2)23-19(25)13-5-3-4-6-14(13)20(23)26/h3-8,11,17H,9-10H2,1-2H3,(H,22,24). The predicted molar refractivity (Wildman–Crippen MR) is 111 cm³/mol. The van der Waals surface area contributed by atoms with Crippen molar-refractivity contribution >= 4 is 51.1 Å². The number of carbonyl (C=O) groups is 3. The Morgan fingerprint density at radius 2 is 1.78 bits per heavy atom. The summed E-state index contributed by atoms with van der Waals surface area (Å²) in [5, 5.41) is 2.85. The SMILES string of the molecule is CSCCC(C(=O)Nc1ccc(C)cc1Br)N1C(=O)c2ccccc2C1=O. The van der Waals surface area contributed by atoms with Gasteiger partial charge in [0.05, 0.1) is 16.8 Å². The average Bonchev–Trinajstić information content (AvgIpc) is 2.90. The molecule has 1 heterocycles. The first kappa shape index (κ1) is 19.6. The maximum absolute atomic E-state index is 13.0. The van der Waals surface area contributed by atoms with Crippen LogP contribution in [0.3, 0.4) is 0 Å². The summed E-state index contributed by atoms with van der Waals surface area (Å²) < 4.78 is 0.752. The molecule has 27 heavy (non-hydrogen) atoms. The van der Waals surface area contributed by atoms with Crippen molar-refractivity contribution in [2.75, 3.05) is 17.3 Å². The second-order valence-electron chi connectivity index (χ2n) is 6.30. The van der Waals surface area contributed by atoms with Crippen molar-refractivity contribution in [3.63, 3.8) is 0 Å². The zero-order chi connectivity index (χ0) is 19.6. The van der Waals surface area contributed by atoms with E-state index in [1.165, 1.54) is 0 Å². The Kier molecular flexibility index (Phi) is 6.01. The number of thioether (sulfide) groups is 1. The van der Waals surface area contributed by atoms with Gasteiger partial charge in [-0.2, -0.15) is 11.8 Å². The Hall–Kier alpha value is -2.12. The highest BCUT2D eigenvalue weighted by atomic mass is 79.9. The van der Waals surface area contributed by atoms with Crippen LogP contribution in [0.15, 0.2) is 46.9 Å². The number of hydrogen-bond donors (Lipinski definition) is 1. The predicted octanol–water partition coefficient (Wildman–Crippen LogP) is 4.11. The number of benzene rings is 2. The second kappa shape index (κ2) is 8.27. The van der Waals surface area contributed by atoms with Gasteiger partial charge in [-0.25, -0.2) is 0 Å². The molecular formula is C20H19BrN2O3S. The summed E-state index contributed by atoms with van der Waals surface area (Å²) in [7, 11) is 0. The van der Waals surface area contributed by atoms with Crippen LogP contribution in [-0.2, 0) is 4.79 Å². The fourth-order valence-corrected chi connectivity index (χ4v) is 4.09. The fraction of sp³-hybridized carbons (Fsp3) is 0.250. The number of anilines is 1. The Balaban J connectivity index is 1.89. The average molecular weight is 447 g/mol. The van der Waals surface area contributed by atoms with Crippen molar-refractivity contribution in [2.45, 2.75) is 19.4 Å². The van der Waals surface area contributed by atoms with E-state index in [0.717, 1.165) is 14.9 Å². The highest BCUT2D eigenvalue weighted by Gasteiger charge is 2.42. The lowest BCUT2D eigenvalue weighted by Gasteiger charge is -2.25. The second-order valence-corrected chi connectivity index (χ2v) is 8.14. The largest absolute Gasteiger partial charge is 0.323 e. The van der Waals surface area contributed by atoms with Gasteiger partial charge in [0.1, 0.15) is 6.04 Å². The number of hydrogen-bond acceptors (Lipinski definition) is 4. The number of carbonyl (C=O) groups excluding carboxylic acids is 3. The van der Waals surface area contributed by atoms with Crippen LogP contribution in [0, 0.1) is 6.92 Å². The van der Waals surface area contributed by atoms with Crippen molar-refractivity contribution in [1.29, 1.82) is 0 Å². The smallest absolute Gasteiger partial charge is 0.262 e. The number of halogens is 1. The Bertz CT molecular complexity index is 881. The fourth-order valence-electron chi connectivity index (χ4n) is 3.04. The minimum atomic E-state index is -0.863. The maximum atomic E-state index is 13.0. The number of fused-ring (bicyclic) bond motifs is 1. The number of imide groups is 1. The summed E-state index contributed by atoms with van der Waals surface area (Å²) >= 11 is 5.01. The van der Waals surface area contributed by atoms with Crippen LogP contribution in [0.5, 0.6) is 0 Å². The van der Waals surface area contributed by atoms with Gasteiger partial charge in [-0.3, -0.25) is 19.3 Å². The van der Waals surface area contributed by atoms with Gasteiger partial charge in [-0.15, -0.1) is 0 Å². The molecule has 5 nitrogen and oxygen atoms in total. The van der Waals surface area contributed by atoms with Crippen LogP contribution in [0.1, 0.15) is 32.7 Å². The van der Waals surface area contributed by atoms with Crippen molar-refractivity contribution in [2.24, 2.45) is 0 Å². The van der Waals surface area contributed by atoms with Crippen LogP contribution >= 0.6 is 27.7 Å². The van der Waals surface area contributed by atoms with Crippen LogP contribution in [-0.4, -0.2) is 40.7 Å². The zero-order valence-electron chi connectivity index (χ0n) is 15.0. The van der Waals surface area contributed by atoms with E-state index in [-0.39, 0.29) is 5.91 Å². The third kappa shape index (κ3) is 3.94. The van der Waals surface area contributed by atoms with Gasteiger partial charge in [0, 0.05) is 4.47 Å². The van der Waals surface area contributed by atoms with Gasteiger partial charge < -0.3 is 5.32 Å². The van der Waals surface area contributed by atoms with Crippen molar-refractivity contribution in [3.05, 3.63) is 63.6 Å². The number of rotatable bonds is 6. The van der Waals surface area contributed by atoms with Crippen molar-refractivity contribution in [1.82, 2.24) is 4.90 Å². The monoisotopic (exact) mass is 446 g/mol. The Morgan fingerprint density at radius 1 is 1.15 bits per heavy atom. The molecule has 1 aliphatic rings. The molecule has 0 aliphatic carbocycles. The summed E-state index contributed by atoms with van der Waals surface area (Å²) in [5.74, 6) is -0.552. The lowest BCUT2D eigenvalue weighted by molar-refractivity contribution is -0.120. The van der Waals surface area contributed by atoms with E-state index >= 15 is 0 Å². The summed E-state index contributed by atoms with van der Waals surface area (Å²) in [6, 6.07) is 11.4. The van der Waals surface area contributed by atoms with Gasteiger partial charge in [-0.1, -0.05) is 18.2 Å². The molecule has 0 spiro atoms. The molecule has 0 aromatic heterocycles. The number of aryl methyl sites for hydroxylation is 1. The molecule has 1 N–H and O–H groups in total. The van der Waals surface area contributed by atoms with Crippen LogP contribution in [0.4, 0.5) is 5.69 Å². The van der Waals surface area contributed by atoms with E-state index in [1.54, 1.807) is 42.1 Å². The van der Waals surface area contributed by atoms with E-state index in [9.17, 15) is 14.4 Å². The number of amides is 3. The number of nitrogens with one attached hydrogen (secondary N) is 1. The molecule has 0 saturated carbocycles. The molecule has 0 saturated heterocycles. The van der Waals surface area contributed by atoms with Crippen LogP contribution in [0.2, 0.25) is 0 Å². The molecule has 0 fully saturated rings. The first-order chi connectivity index (χ1) is 12.9. The van der Waals surface area contributed by atoms with Gasteiger partial charge in [0.2, 0.25) is 5.91 Å². The van der Waals surface area contributed by atoms with E-state index in [0.29, 0.717) is 29.0 Å². The highest BCUT2D eigenvalue weighted by Crippen LogP contribution is 2.28. The normalized spacial score (nSPS) is 14.3. The molecular weight excluding hydrogens is 428 g/mol. The van der Waals surface area contributed by atoms with E-state index in [2.05, 4.69) is 21.2 Å². The molecule has 1 atom stereocenters. The third-order valence-corrected chi connectivity index (χ3v) is 5.72. The molecule has 0 bridgehead atoms. The minimum Gasteiger partial charge on any atom is -0.323 e. The van der Waals surface area contributed by atoms with Gasteiger partial charge in [0.15, 0.2) is 0 Å². The van der Waals surface area contributed by atoms with Crippen molar-refractivity contribution in [3.8, 4) is 0 Å². The van der Waals surface area contributed by atoms with E-state index in [4.69, 9.17) is 0 Å². The van der Waals surface area contributed by atoms with Crippen LogP contribution < -0.4 is 5.32 Å². The first-order valence-electron chi connectivity index (χ1n) is 8.47. The lowest BCUT2D eigenvalue weighted by Crippen LogP contribution is -2.47. The molecule has 3 rings (SSSR count). The zero-order valence-corrected chi connectivity index (χ0v) is 17.4. The molecule has 1 aliphatic heterocycles. The van der Waals surface area contributed by atoms with Gasteiger partial charge >= 0.3 is 0 Å². The molecule has 1 unspecified atom stereocenters. The first-order valence-corrected chi connectivity index (χ1v) is 10.7. The molecule has 2 aromatic carbocycles. The summed E-state index contributed by atoms with van der Waals surface area (Å²) in [6.07, 6.45) is 2.32. The molecule has 2 aromatic rings. The van der Waals surface area contributed by atoms with Gasteiger partial charge in [0.25, 0.3) is 11.8 Å². The Morgan fingerprint density at radius 3 is 2.33 bits per heavy atom. The highest BCUT2D eigenvalue weighted by molar-refractivity contribution is 9.10. The van der Waals surface area contributed by atoms with Gasteiger partial charge in [-0.05, 0) is 71.1 Å². The molecule has 7 heteroatoms. The topological polar surface area (TPSA) is 66.5 Å². The van der Waals surface area contributed by atoms with E-state index in [1.807, 2.05) is 25.3 Å². The number of nitrogens with zero attached hydrogens (tertiary/aromatic N) is 1. The summed E-state index contributed by atoms with van der Waals surface area (Å²) in [5.41, 5.74) is 2.36. The quantitative estimate of drug-likeness (QED) is 0.677.